The summed E-state index contributed by atoms with van der Waals surface area (Å²) in [5, 5.41) is 17.9. The van der Waals surface area contributed by atoms with Crippen LogP contribution in [0.4, 0.5) is 5.69 Å². The number of anilines is 1. The fourth-order valence-corrected chi connectivity index (χ4v) is 6.29. The number of nitrogens with zero attached hydrogens (tertiary/aromatic N) is 1. The Hall–Kier alpha value is -2.90. The number of carbonyl (C=O) groups excluding carboxylic acids is 2. The van der Waals surface area contributed by atoms with Crippen molar-refractivity contribution in [1.29, 1.82) is 0 Å². The van der Waals surface area contributed by atoms with Crippen molar-refractivity contribution in [3.05, 3.63) is 65.2 Å². The second-order valence-electron chi connectivity index (χ2n) is 12.6. The van der Waals surface area contributed by atoms with Gasteiger partial charge in [0.1, 0.15) is 0 Å². The highest BCUT2D eigenvalue weighted by molar-refractivity contribution is 5.97. The summed E-state index contributed by atoms with van der Waals surface area (Å²) in [6.45, 7) is 8.95. The van der Waals surface area contributed by atoms with Crippen molar-refractivity contribution in [2.45, 2.75) is 89.9 Å². The number of aliphatic hydroxyl groups is 1. The molecule has 0 radical (unpaired) electrons. The lowest BCUT2D eigenvalue weighted by molar-refractivity contribution is -0.132. The summed E-state index contributed by atoms with van der Waals surface area (Å²) in [6, 6.07) is 14.4. The Labute approximate surface area is 233 Å². The number of nitrogen functional groups attached to an aromatic ring is 1. The highest BCUT2D eigenvalue weighted by atomic mass is 16.3. The first-order chi connectivity index (χ1) is 18.5. The molecule has 2 amide bonds. The largest absolute Gasteiger partial charge is 0.398 e. The first kappa shape index (κ1) is 29.1. The Kier molecular flexibility index (Phi) is 9.34. The van der Waals surface area contributed by atoms with E-state index >= 15 is 0 Å². The Balaban J connectivity index is 1.56. The second kappa shape index (κ2) is 12.5. The SMILES string of the molecule is Cc1c(N)cccc1C(=O)N[C@@H](Cc1ccccc1)[C@@H](O)CN1C[C@H]2CCCC[C@H]2C[C@H]1C(=O)NC(C)(C)C. The first-order valence-corrected chi connectivity index (χ1v) is 14.5. The van der Waals surface area contributed by atoms with E-state index in [1.807, 2.05) is 58.0 Å². The van der Waals surface area contributed by atoms with Gasteiger partial charge in [-0.15, -0.1) is 0 Å². The molecule has 1 saturated heterocycles. The van der Waals surface area contributed by atoms with Crippen molar-refractivity contribution in [3.63, 3.8) is 0 Å². The highest BCUT2D eigenvalue weighted by Crippen LogP contribution is 2.39. The van der Waals surface area contributed by atoms with Crippen molar-refractivity contribution in [1.82, 2.24) is 15.5 Å². The topological polar surface area (TPSA) is 108 Å². The molecule has 0 unspecified atom stereocenters. The van der Waals surface area contributed by atoms with Crippen molar-refractivity contribution in [2.24, 2.45) is 11.8 Å². The van der Waals surface area contributed by atoms with E-state index in [-0.39, 0.29) is 23.4 Å². The van der Waals surface area contributed by atoms with Crippen molar-refractivity contribution in [2.75, 3.05) is 18.8 Å². The van der Waals surface area contributed by atoms with E-state index in [0.29, 0.717) is 36.1 Å². The van der Waals surface area contributed by atoms with Crippen molar-refractivity contribution in [3.8, 4) is 0 Å². The van der Waals surface area contributed by atoms with Gasteiger partial charge in [0.2, 0.25) is 5.91 Å². The Morgan fingerprint density at radius 1 is 1.05 bits per heavy atom. The van der Waals surface area contributed by atoms with Crippen LogP contribution >= 0.6 is 0 Å². The number of β-amino-alcohol motifs (C(OH)–C–C–N with tert-alkyl or cyclic N) is 1. The number of nitrogens with two attached hydrogens (primary N) is 1. The zero-order valence-corrected chi connectivity index (χ0v) is 24.0. The van der Waals surface area contributed by atoms with Crippen LogP contribution in [-0.4, -0.2) is 58.6 Å². The van der Waals surface area contributed by atoms with Crippen LogP contribution in [0.5, 0.6) is 0 Å². The quantitative estimate of drug-likeness (QED) is 0.382. The number of amides is 2. The van der Waals surface area contributed by atoms with E-state index in [4.69, 9.17) is 5.73 Å². The molecule has 5 atom stereocenters. The Morgan fingerprint density at radius 2 is 1.74 bits per heavy atom. The van der Waals surface area contributed by atoms with E-state index in [1.54, 1.807) is 18.2 Å². The molecule has 7 heteroatoms. The summed E-state index contributed by atoms with van der Waals surface area (Å²) in [5.41, 5.74) is 8.55. The number of fused-ring (bicyclic) bond motifs is 1. The molecule has 0 bridgehead atoms. The number of nitrogens with one attached hydrogen (secondary N) is 2. The van der Waals surface area contributed by atoms with Gasteiger partial charge >= 0.3 is 0 Å². The third-order valence-electron chi connectivity index (χ3n) is 8.42. The van der Waals surface area contributed by atoms with Gasteiger partial charge in [0.05, 0.1) is 18.2 Å². The molecule has 2 fully saturated rings. The van der Waals surface area contributed by atoms with E-state index < -0.39 is 12.1 Å². The molecule has 0 aromatic heterocycles. The molecule has 39 heavy (non-hydrogen) atoms. The van der Waals surface area contributed by atoms with Gasteiger partial charge in [0.25, 0.3) is 5.91 Å². The molecule has 2 aromatic carbocycles. The third-order valence-corrected chi connectivity index (χ3v) is 8.42. The fraction of sp³-hybridized carbons (Fsp3) is 0.562. The van der Waals surface area contributed by atoms with Gasteiger partial charge < -0.3 is 21.5 Å². The fourth-order valence-electron chi connectivity index (χ4n) is 6.29. The number of aliphatic hydroxyl groups excluding tert-OH is 1. The average molecular weight is 535 g/mol. The summed E-state index contributed by atoms with van der Waals surface area (Å²) >= 11 is 0. The Morgan fingerprint density at radius 3 is 2.44 bits per heavy atom. The van der Waals surface area contributed by atoms with E-state index in [0.717, 1.165) is 24.1 Å². The van der Waals surface area contributed by atoms with Gasteiger partial charge in [0, 0.05) is 29.9 Å². The standard InChI is InChI=1S/C32H46N4O3/c1-21-25(15-10-16-26(21)33)30(38)34-27(17-22-11-6-5-7-12-22)29(37)20-36-19-24-14-9-8-13-23(24)18-28(36)31(39)35-32(2,3)4/h5-7,10-12,15-16,23-24,27-29,37H,8-9,13-14,17-20,33H2,1-4H3,(H,34,38)(H,35,39)/t23-,24+,27-,28-,29-/m0/s1. The molecule has 212 valence electrons. The van der Waals surface area contributed by atoms with Crippen molar-refractivity contribution < 1.29 is 14.7 Å². The Bertz CT molecular complexity index is 1130. The van der Waals surface area contributed by atoms with Crippen LogP contribution in [-0.2, 0) is 11.2 Å². The highest BCUT2D eigenvalue weighted by Gasteiger charge is 2.41. The summed E-state index contributed by atoms with van der Waals surface area (Å²) < 4.78 is 0. The minimum absolute atomic E-state index is 0.0257. The number of carbonyl (C=O) groups is 2. The molecule has 1 aliphatic carbocycles. The summed E-state index contributed by atoms with van der Waals surface area (Å²) in [6.07, 6.45) is 5.23. The minimum atomic E-state index is -0.861. The van der Waals surface area contributed by atoms with Crippen LogP contribution < -0.4 is 16.4 Å². The van der Waals surface area contributed by atoms with E-state index in [9.17, 15) is 14.7 Å². The molecular formula is C32H46N4O3. The molecule has 7 nitrogen and oxygen atoms in total. The molecular weight excluding hydrogens is 488 g/mol. The van der Waals surface area contributed by atoms with Gasteiger partial charge in [0.15, 0.2) is 0 Å². The van der Waals surface area contributed by atoms with Gasteiger partial charge in [-0.3, -0.25) is 14.5 Å². The second-order valence-corrected chi connectivity index (χ2v) is 12.6. The van der Waals surface area contributed by atoms with E-state index in [1.165, 1.54) is 25.7 Å². The summed E-state index contributed by atoms with van der Waals surface area (Å²) in [5.74, 6) is 0.862. The maximum atomic E-state index is 13.5. The van der Waals surface area contributed by atoms with Crippen LogP contribution in [0.2, 0.25) is 0 Å². The lowest BCUT2D eigenvalue weighted by Crippen LogP contribution is -2.60. The molecule has 2 aromatic rings. The van der Waals surface area contributed by atoms with Crippen LogP contribution in [0.3, 0.4) is 0 Å². The number of likely N-dealkylation sites (tertiary alicyclic amines) is 1. The molecule has 2 aliphatic rings. The summed E-state index contributed by atoms with van der Waals surface area (Å²) in [7, 11) is 0. The predicted molar refractivity (Wildman–Crippen MR) is 156 cm³/mol. The molecule has 5 N–H and O–H groups in total. The van der Waals surface area contributed by atoms with Crippen molar-refractivity contribution >= 4 is 17.5 Å². The molecule has 1 heterocycles. The molecule has 0 spiro atoms. The van der Waals surface area contributed by atoms with Gasteiger partial charge in [-0.2, -0.15) is 0 Å². The summed E-state index contributed by atoms with van der Waals surface area (Å²) in [4.78, 5) is 29.0. The monoisotopic (exact) mass is 534 g/mol. The number of rotatable bonds is 8. The predicted octanol–water partition coefficient (Wildman–Crippen LogP) is 4.07. The number of benzene rings is 2. The van der Waals surface area contributed by atoms with Crippen LogP contribution in [0, 0.1) is 18.8 Å². The lowest BCUT2D eigenvalue weighted by atomic mass is 9.72. The minimum Gasteiger partial charge on any atom is -0.398 e. The number of hydrogen-bond acceptors (Lipinski definition) is 5. The third kappa shape index (κ3) is 7.61. The molecule has 4 rings (SSSR count). The molecule has 1 saturated carbocycles. The first-order valence-electron chi connectivity index (χ1n) is 14.5. The number of hydrogen-bond donors (Lipinski definition) is 4. The smallest absolute Gasteiger partial charge is 0.251 e. The van der Waals surface area contributed by atoms with Gasteiger partial charge in [-0.25, -0.2) is 0 Å². The maximum absolute atomic E-state index is 13.5. The number of piperidine rings is 1. The zero-order valence-electron chi connectivity index (χ0n) is 24.0. The van der Waals surface area contributed by atoms with E-state index in [2.05, 4.69) is 15.5 Å². The van der Waals surface area contributed by atoms with Gasteiger partial charge in [-0.05, 0) is 82.1 Å². The van der Waals surface area contributed by atoms with Gasteiger partial charge in [-0.1, -0.05) is 55.7 Å². The zero-order chi connectivity index (χ0) is 28.2. The average Bonchev–Trinajstić information content (AvgIpc) is 2.89. The van der Waals surface area contributed by atoms with Crippen LogP contribution in [0.15, 0.2) is 48.5 Å². The van der Waals surface area contributed by atoms with Crippen LogP contribution in [0.25, 0.3) is 0 Å². The lowest BCUT2D eigenvalue weighted by Gasteiger charge is -2.47. The maximum Gasteiger partial charge on any atom is 0.251 e. The molecule has 1 aliphatic heterocycles. The normalized spacial score (nSPS) is 23.4. The van der Waals surface area contributed by atoms with Crippen LogP contribution in [0.1, 0.15) is 74.4 Å².